The summed E-state index contributed by atoms with van der Waals surface area (Å²) in [6, 6.07) is 19.1. The van der Waals surface area contributed by atoms with E-state index in [1.807, 2.05) is 36.4 Å². The fourth-order valence-electron chi connectivity index (χ4n) is 3.40. The SMILES string of the molecule is COc1ccc(CN(Cl)C(=O)c2ccc(OC)c(C(=O)N(CCl)Cc3ccc(OC)cc3)c2)cc1. The van der Waals surface area contributed by atoms with E-state index in [9.17, 15) is 9.59 Å². The first-order chi connectivity index (χ1) is 16.9. The molecule has 0 heterocycles. The van der Waals surface area contributed by atoms with E-state index in [0.29, 0.717) is 17.2 Å². The van der Waals surface area contributed by atoms with E-state index in [1.54, 1.807) is 38.5 Å². The molecule has 0 fully saturated rings. The maximum absolute atomic E-state index is 13.3. The van der Waals surface area contributed by atoms with Crippen LogP contribution in [0.4, 0.5) is 0 Å². The van der Waals surface area contributed by atoms with Crippen molar-refractivity contribution in [3.63, 3.8) is 0 Å². The predicted octanol–water partition coefficient (Wildman–Crippen LogP) is 5.35. The van der Waals surface area contributed by atoms with Crippen molar-refractivity contribution in [3.05, 3.63) is 89.0 Å². The summed E-state index contributed by atoms with van der Waals surface area (Å²) in [7, 11) is 4.63. The molecule has 0 N–H and O–H groups in total. The second-order valence-electron chi connectivity index (χ2n) is 7.56. The van der Waals surface area contributed by atoms with Crippen LogP contribution < -0.4 is 14.2 Å². The molecule has 0 aromatic heterocycles. The molecule has 0 radical (unpaired) electrons. The molecule has 35 heavy (non-hydrogen) atoms. The van der Waals surface area contributed by atoms with Crippen molar-refractivity contribution >= 4 is 35.2 Å². The van der Waals surface area contributed by atoms with E-state index in [0.717, 1.165) is 15.5 Å². The molecular weight excluding hydrogens is 491 g/mol. The zero-order valence-electron chi connectivity index (χ0n) is 19.7. The van der Waals surface area contributed by atoms with Crippen molar-refractivity contribution in [1.29, 1.82) is 0 Å². The first kappa shape index (κ1) is 26.2. The third kappa shape index (κ3) is 6.59. The molecule has 0 saturated carbocycles. The van der Waals surface area contributed by atoms with E-state index < -0.39 is 5.91 Å². The number of carbonyl (C=O) groups excluding carboxylic acids is 2. The van der Waals surface area contributed by atoms with Gasteiger partial charge in [-0.05, 0) is 53.6 Å². The maximum atomic E-state index is 13.3. The fraction of sp³-hybridized carbons (Fsp3) is 0.231. The Morgan fingerprint density at radius 1 is 0.743 bits per heavy atom. The van der Waals surface area contributed by atoms with Crippen LogP contribution in [0.5, 0.6) is 17.2 Å². The summed E-state index contributed by atoms with van der Waals surface area (Å²) in [5, 5.41) is 0. The van der Waals surface area contributed by atoms with Crippen molar-refractivity contribution in [2.75, 3.05) is 27.3 Å². The van der Waals surface area contributed by atoms with Crippen LogP contribution in [0.2, 0.25) is 0 Å². The zero-order chi connectivity index (χ0) is 25.4. The molecule has 0 spiro atoms. The Kier molecular flexibility index (Phi) is 9.23. The molecule has 0 unspecified atom stereocenters. The van der Waals surface area contributed by atoms with Crippen LogP contribution in [0.25, 0.3) is 0 Å². The van der Waals surface area contributed by atoms with Gasteiger partial charge in [-0.25, -0.2) is 4.42 Å². The van der Waals surface area contributed by atoms with Gasteiger partial charge in [0.05, 0.1) is 39.4 Å². The third-order valence-electron chi connectivity index (χ3n) is 5.34. The van der Waals surface area contributed by atoms with Crippen LogP contribution in [0, 0.1) is 0 Å². The highest BCUT2D eigenvalue weighted by molar-refractivity contribution is 6.24. The number of amides is 2. The molecule has 3 aromatic carbocycles. The topological polar surface area (TPSA) is 68.3 Å². The fourth-order valence-corrected chi connectivity index (χ4v) is 3.83. The molecule has 0 aliphatic heterocycles. The number of ether oxygens (including phenoxy) is 3. The van der Waals surface area contributed by atoms with E-state index in [-0.39, 0.29) is 36.1 Å². The number of benzene rings is 3. The lowest BCUT2D eigenvalue weighted by molar-refractivity contribution is 0.0770. The monoisotopic (exact) mass is 516 g/mol. The minimum Gasteiger partial charge on any atom is -0.497 e. The lowest BCUT2D eigenvalue weighted by Crippen LogP contribution is -2.30. The van der Waals surface area contributed by atoms with E-state index >= 15 is 0 Å². The van der Waals surface area contributed by atoms with Crippen molar-refractivity contribution in [3.8, 4) is 17.2 Å². The van der Waals surface area contributed by atoms with Gasteiger partial charge in [-0.1, -0.05) is 24.3 Å². The van der Waals surface area contributed by atoms with Crippen LogP contribution in [0.15, 0.2) is 66.7 Å². The Hall–Kier alpha value is -3.42. The summed E-state index contributed by atoms with van der Waals surface area (Å²) in [6.07, 6.45) is 0. The summed E-state index contributed by atoms with van der Waals surface area (Å²) in [4.78, 5) is 27.8. The van der Waals surface area contributed by atoms with Crippen LogP contribution in [0.1, 0.15) is 31.8 Å². The van der Waals surface area contributed by atoms with Gasteiger partial charge in [-0.3, -0.25) is 9.59 Å². The average molecular weight is 517 g/mol. The van der Waals surface area contributed by atoms with Gasteiger partial charge in [0.1, 0.15) is 17.2 Å². The molecule has 184 valence electrons. The minimum absolute atomic E-state index is 0.0503. The van der Waals surface area contributed by atoms with E-state index in [4.69, 9.17) is 37.6 Å². The molecule has 2 amide bonds. The number of alkyl halides is 1. The van der Waals surface area contributed by atoms with Crippen molar-refractivity contribution in [2.24, 2.45) is 0 Å². The molecule has 0 aliphatic carbocycles. The molecular formula is C26H26Cl2N2O5. The number of halogens is 2. The van der Waals surface area contributed by atoms with Gasteiger partial charge >= 0.3 is 0 Å². The van der Waals surface area contributed by atoms with E-state index in [2.05, 4.69) is 0 Å². The molecule has 3 aromatic rings. The summed E-state index contributed by atoms with van der Waals surface area (Å²) in [5.74, 6) is 0.918. The van der Waals surface area contributed by atoms with Gasteiger partial charge in [0.15, 0.2) is 0 Å². The second kappa shape index (κ2) is 12.3. The Morgan fingerprint density at radius 2 is 1.29 bits per heavy atom. The predicted molar refractivity (Wildman–Crippen MR) is 135 cm³/mol. The van der Waals surface area contributed by atoms with Gasteiger partial charge in [-0.2, -0.15) is 0 Å². The van der Waals surface area contributed by atoms with E-state index in [1.165, 1.54) is 18.1 Å². The maximum Gasteiger partial charge on any atom is 0.268 e. The number of carbonyl (C=O) groups is 2. The van der Waals surface area contributed by atoms with Gasteiger partial charge < -0.3 is 19.1 Å². The van der Waals surface area contributed by atoms with Crippen molar-refractivity contribution in [1.82, 2.24) is 9.32 Å². The van der Waals surface area contributed by atoms with Crippen molar-refractivity contribution in [2.45, 2.75) is 13.1 Å². The molecule has 0 atom stereocenters. The second-order valence-corrected chi connectivity index (χ2v) is 8.21. The Labute approximate surface area is 214 Å². The molecule has 0 aliphatic rings. The molecule has 3 rings (SSSR count). The summed E-state index contributed by atoms with van der Waals surface area (Å²) >= 11 is 12.4. The Bertz CT molecular complexity index is 1150. The molecule has 7 nitrogen and oxygen atoms in total. The minimum atomic E-state index is -0.452. The smallest absolute Gasteiger partial charge is 0.268 e. The zero-order valence-corrected chi connectivity index (χ0v) is 21.2. The Morgan fingerprint density at radius 3 is 1.77 bits per heavy atom. The summed E-state index contributed by atoms with van der Waals surface area (Å²) in [6.45, 7) is 0.442. The van der Waals surface area contributed by atoms with Crippen LogP contribution >= 0.6 is 23.4 Å². The van der Waals surface area contributed by atoms with Crippen LogP contribution in [-0.4, -0.2) is 48.5 Å². The van der Waals surface area contributed by atoms with Crippen LogP contribution in [0.3, 0.4) is 0 Å². The van der Waals surface area contributed by atoms with Crippen molar-refractivity contribution < 1.29 is 23.8 Å². The molecule has 9 heteroatoms. The standard InChI is InChI=1S/C26H26Cl2N2O5/c1-33-21-9-4-18(5-10-21)15-29(17-27)26(32)23-14-20(8-13-24(23)35-3)25(31)30(28)16-19-6-11-22(34-2)12-7-19/h4-14H,15-17H2,1-3H3. The Balaban J connectivity index is 1.80. The molecule has 0 saturated heterocycles. The highest BCUT2D eigenvalue weighted by Gasteiger charge is 2.23. The van der Waals surface area contributed by atoms with Gasteiger partial charge in [0.2, 0.25) is 0 Å². The molecule has 0 bridgehead atoms. The highest BCUT2D eigenvalue weighted by Crippen LogP contribution is 2.25. The third-order valence-corrected chi connectivity index (χ3v) is 5.90. The van der Waals surface area contributed by atoms with Gasteiger partial charge in [-0.15, -0.1) is 11.6 Å². The largest absolute Gasteiger partial charge is 0.497 e. The van der Waals surface area contributed by atoms with Gasteiger partial charge in [0.25, 0.3) is 11.8 Å². The summed E-state index contributed by atoms with van der Waals surface area (Å²) in [5.41, 5.74) is 2.16. The quantitative estimate of drug-likeness (QED) is 0.206. The first-order valence-electron chi connectivity index (χ1n) is 10.7. The van der Waals surface area contributed by atoms with Gasteiger partial charge in [0, 0.05) is 23.9 Å². The normalized spacial score (nSPS) is 10.4. The number of hydrogen-bond acceptors (Lipinski definition) is 5. The number of hydrogen-bond donors (Lipinski definition) is 0. The number of nitrogens with zero attached hydrogens (tertiary/aromatic N) is 2. The number of methoxy groups -OCH3 is 3. The first-order valence-corrected chi connectivity index (χ1v) is 11.5. The lowest BCUT2D eigenvalue weighted by Gasteiger charge is -2.22. The van der Waals surface area contributed by atoms with Crippen LogP contribution in [-0.2, 0) is 13.1 Å². The number of rotatable bonds is 10. The highest BCUT2D eigenvalue weighted by atomic mass is 35.5. The summed E-state index contributed by atoms with van der Waals surface area (Å²) < 4.78 is 16.8. The lowest BCUT2D eigenvalue weighted by atomic mass is 10.1. The average Bonchev–Trinajstić information content (AvgIpc) is 2.91.